The number of nitrogens with zero attached hydrogens (tertiary/aromatic N) is 1. The van der Waals surface area contributed by atoms with E-state index >= 15 is 0 Å². The summed E-state index contributed by atoms with van der Waals surface area (Å²) in [5.74, 6) is 0.965. The van der Waals surface area contributed by atoms with E-state index in [9.17, 15) is 9.59 Å². The van der Waals surface area contributed by atoms with Crippen LogP contribution in [0.2, 0.25) is 0 Å². The molecular weight excluding hydrogens is 382 g/mol. The lowest BCUT2D eigenvalue weighted by atomic mass is 10.0. The van der Waals surface area contributed by atoms with E-state index in [0.717, 1.165) is 12.0 Å². The number of methoxy groups -OCH3 is 2. The third-order valence-electron chi connectivity index (χ3n) is 5.39. The SMILES string of the molecule is COc1ccc(-c2cc(C(=O)NNC(=O)C3CC3C)c3ccccc3n2)cc1OC. The van der Waals surface area contributed by atoms with Crippen LogP contribution in [0.1, 0.15) is 23.7 Å². The van der Waals surface area contributed by atoms with E-state index in [1.54, 1.807) is 26.4 Å². The minimum atomic E-state index is -0.392. The Bertz CT molecular complexity index is 1130. The summed E-state index contributed by atoms with van der Waals surface area (Å²) < 4.78 is 10.7. The largest absolute Gasteiger partial charge is 0.493 e. The summed E-state index contributed by atoms with van der Waals surface area (Å²) in [6.07, 6.45) is 0.851. The molecule has 0 saturated heterocycles. The molecule has 7 heteroatoms. The zero-order valence-electron chi connectivity index (χ0n) is 17.1. The molecule has 2 atom stereocenters. The Hall–Kier alpha value is -3.61. The second-order valence-corrected chi connectivity index (χ2v) is 7.40. The first-order chi connectivity index (χ1) is 14.5. The third-order valence-corrected chi connectivity index (χ3v) is 5.39. The number of rotatable bonds is 5. The van der Waals surface area contributed by atoms with Crippen molar-refractivity contribution >= 4 is 22.7 Å². The number of amides is 2. The molecule has 154 valence electrons. The average molecular weight is 405 g/mol. The summed E-state index contributed by atoms with van der Waals surface area (Å²) in [5, 5.41) is 0.702. The fourth-order valence-electron chi connectivity index (χ4n) is 3.47. The number of hydrazine groups is 1. The molecule has 0 radical (unpaired) electrons. The quantitative estimate of drug-likeness (QED) is 0.636. The second kappa shape index (κ2) is 8.02. The first-order valence-electron chi connectivity index (χ1n) is 9.74. The first kappa shape index (κ1) is 19.7. The van der Waals surface area contributed by atoms with Crippen LogP contribution in [0.5, 0.6) is 11.5 Å². The third kappa shape index (κ3) is 3.78. The molecule has 7 nitrogen and oxygen atoms in total. The Labute approximate surface area is 174 Å². The fourth-order valence-corrected chi connectivity index (χ4v) is 3.47. The van der Waals surface area contributed by atoms with Crippen LogP contribution < -0.4 is 20.3 Å². The van der Waals surface area contributed by atoms with Gasteiger partial charge in [0.25, 0.3) is 5.91 Å². The zero-order chi connectivity index (χ0) is 21.3. The van der Waals surface area contributed by atoms with Crippen LogP contribution in [0.15, 0.2) is 48.5 Å². The van der Waals surface area contributed by atoms with E-state index in [2.05, 4.69) is 10.9 Å². The van der Waals surface area contributed by atoms with Gasteiger partial charge in [-0.1, -0.05) is 25.1 Å². The van der Waals surface area contributed by atoms with Crippen molar-refractivity contribution in [2.75, 3.05) is 14.2 Å². The molecule has 3 aromatic rings. The number of ether oxygens (including phenoxy) is 2. The van der Waals surface area contributed by atoms with Gasteiger partial charge in [0.2, 0.25) is 5.91 Å². The fraction of sp³-hybridized carbons (Fsp3) is 0.261. The minimum Gasteiger partial charge on any atom is -0.493 e. The van der Waals surface area contributed by atoms with Gasteiger partial charge < -0.3 is 9.47 Å². The lowest BCUT2D eigenvalue weighted by Gasteiger charge is -2.13. The Morgan fingerprint density at radius 3 is 2.43 bits per heavy atom. The first-order valence-corrected chi connectivity index (χ1v) is 9.74. The molecular formula is C23H23N3O4. The highest BCUT2D eigenvalue weighted by atomic mass is 16.5. The molecule has 2 amide bonds. The van der Waals surface area contributed by atoms with Gasteiger partial charge in [-0.3, -0.25) is 20.4 Å². The number of para-hydroxylation sites is 1. The maximum absolute atomic E-state index is 12.9. The molecule has 4 rings (SSSR count). The lowest BCUT2D eigenvalue weighted by molar-refractivity contribution is -0.123. The Morgan fingerprint density at radius 2 is 1.73 bits per heavy atom. The minimum absolute atomic E-state index is 0.0261. The van der Waals surface area contributed by atoms with Crippen molar-refractivity contribution in [1.29, 1.82) is 0 Å². The van der Waals surface area contributed by atoms with Gasteiger partial charge in [0.05, 0.1) is 31.0 Å². The van der Waals surface area contributed by atoms with Crippen molar-refractivity contribution in [3.05, 3.63) is 54.1 Å². The Morgan fingerprint density at radius 1 is 1.00 bits per heavy atom. The molecule has 30 heavy (non-hydrogen) atoms. The molecule has 0 aliphatic heterocycles. The van der Waals surface area contributed by atoms with Gasteiger partial charge in [0.1, 0.15) is 0 Å². The van der Waals surface area contributed by atoms with E-state index < -0.39 is 5.91 Å². The van der Waals surface area contributed by atoms with Gasteiger partial charge in [0.15, 0.2) is 11.5 Å². The predicted molar refractivity (Wildman–Crippen MR) is 113 cm³/mol. The maximum Gasteiger partial charge on any atom is 0.270 e. The molecule has 1 saturated carbocycles. The van der Waals surface area contributed by atoms with Crippen molar-refractivity contribution in [2.24, 2.45) is 11.8 Å². The molecule has 2 aromatic carbocycles. The molecule has 1 aliphatic carbocycles. The van der Waals surface area contributed by atoms with E-state index in [4.69, 9.17) is 14.5 Å². The number of nitrogens with one attached hydrogen (secondary N) is 2. The number of fused-ring (bicyclic) bond motifs is 1. The Kier molecular flexibility index (Phi) is 5.27. The number of carbonyl (C=O) groups is 2. The van der Waals surface area contributed by atoms with E-state index in [1.807, 2.05) is 43.3 Å². The van der Waals surface area contributed by atoms with Crippen LogP contribution in [0, 0.1) is 11.8 Å². The van der Waals surface area contributed by atoms with E-state index in [0.29, 0.717) is 39.6 Å². The van der Waals surface area contributed by atoms with Gasteiger partial charge in [-0.2, -0.15) is 0 Å². The van der Waals surface area contributed by atoms with Crippen molar-refractivity contribution in [2.45, 2.75) is 13.3 Å². The number of pyridine rings is 1. The summed E-state index contributed by atoms with van der Waals surface area (Å²) in [4.78, 5) is 29.7. The molecule has 1 aromatic heterocycles. The topological polar surface area (TPSA) is 89.6 Å². The van der Waals surface area contributed by atoms with E-state index in [1.165, 1.54) is 0 Å². The normalized spacial score (nSPS) is 17.3. The standard InChI is InChI=1S/C23H23N3O4/c1-13-10-16(13)22(27)25-26-23(28)17-12-19(24-18-7-5-4-6-15(17)18)14-8-9-20(29-2)21(11-14)30-3/h4-9,11-13,16H,10H2,1-3H3,(H,25,27)(H,26,28). The molecule has 1 aliphatic rings. The van der Waals surface area contributed by atoms with Crippen molar-refractivity contribution in [3.8, 4) is 22.8 Å². The smallest absolute Gasteiger partial charge is 0.270 e. The summed E-state index contributed by atoms with van der Waals surface area (Å²) in [6.45, 7) is 2.01. The monoisotopic (exact) mass is 405 g/mol. The maximum atomic E-state index is 12.9. The average Bonchev–Trinajstić information content (AvgIpc) is 3.52. The van der Waals surface area contributed by atoms with Crippen LogP contribution in [0.4, 0.5) is 0 Å². The number of aromatic nitrogens is 1. The molecule has 1 heterocycles. The summed E-state index contributed by atoms with van der Waals surface area (Å²) in [7, 11) is 3.14. The zero-order valence-corrected chi connectivity index (χ0v) is 17.1. The number of carbonyl (C=O) groups excluding carboxylic acids is 2. The summed E-state index contributed by atoms with van der Waals surface area (Å²) >= 11 is 0. The van der Waals surface area contributed by atoms with Crippen LogP contribution >= 0.6 is 0 Å². The van der Waals surface area contributed by atoms with Crippen LogP contribution in [0.25, 0.3) is 22.2 Å². The summed E-state index contributed by atoms with van der Waals surface area (Å²) in [5.41, 5.74) is 7.57. The number of hydrogen-bond donors (Lipinski definition) is 2. The molecule has 1 fully saturated rings. The highest BCUT2D eigenvalue weighted by Gasteiger charge is 2.39. The molecule has 2 N–H and O–H groups in total. The lowest BCUT2D eigenvalue weighted by Crippen LogP contribution is -2.42. The molecule has 2 unspecified atom stereocenters. The number of hydrogen-bond acceptors (Lipinski definition) is 5. The van der Waals surface area contributed by atoms with Gasteiger partial charge >= 0.3 is 0 Å². The molecule has 0 spiro atoms. The van der Waals surface area contributed by atoms with Crippen molar-refractivity contribution in [3.63, 3.8) is 0 Å². The second-order valence-electron chi connectivity index (χ2n) is 7.40. The number of benzene rings is 2. The highest BCUT2D eigenvalue weighted by Crippen LogP contribution is 2.37. The van der Waals surface area contributed by atoms with Crippen molar-refractivity contribution in [1.82, 2.24) is 15.8 Å². The van der Waals surface area contributed by atoms with Gasteiger partial charge in [0, 0.05) is 16.9 Å². The van der Waals surface area contributed by atoms with Gasteiger partial charge in [-0.25, -0.2) is 4.98 Å². The van der Waals surface area contributed by atoms with Crippen LogP contribution in [-0.2, 0) is 4.79 Å². The van der Waals surface area contributed by atoms with Gasteiger partial charge in [-0.05, 0) is 42.7 Å². The van der Waals surface area contributed by atoms with Gasteiger partial charge in [-0.15, -0.1) is 0 Å². The summed E-state index contributed by atoms with van der Waals surface area (Å²) in [6, 6.07) is 14.6. The van der Waals surface area contributed by atoms with Crippen molar-refractivity contribution < 1.29 is 19.1 Å². The van der Waals surface area contributed by atoms with Crippen LogP contribution in [-0.4, -0.2) is 31.0 Å². The highest BCUT2D eigenvalue weighted by molar-refractivity contribution is 6.07. The predicted octanol–water partition coefficient (Wildman–Crippen LogP) is 3.34. The van der Waals surface area contributed by atoms with E-state index in [-0.39, 0.29) is 11.8 Å². The molecule has 0 bridgehead atoms. The Balaban J connectivity index is 1.69. The van der Waals surface area contributed by atoms with Crippen LogP contribution in [0.3, 0.4) is 0 Å².